The van der Waals surface area contributed by atoms with Crippen molar-refractivity contribution in [3.8, 4) is 0 Å². The van der Waals surface area contributed by atoms with Gasteiger partial charge in [0.1, 0.15) is 0 Å². The van der Waals surface area contributed by atoms with Crippen LogP contribution in [-0.2, 0) is 10.2 Å². The van der Waals surface area contributed by atoms with Crippen molar-refractivity contribution in [2.75, 3.05) is 11.9 Å². The summed E-state index contributed by atoms with van der Waals surface area (Å²) in [5, 5.41) is 2.87. The minimum atomic E-state index is -0.0286. The average molecular weight is 234 g/mol. The molecule has 1 aromatic carbocycles. The molecule has 0 heterocycles. The maximum Gasteiger partial charge on any atom is 0.225 e. The van der Waals surface area contributed by atoms with Gasteiger partial charge in [0.2, 0.25) is 5.91 Å². The predicted octanol–water partition coefficient (Wildman–Crippen LogP) is 2.58. The first-order chi connectivity index (χ1) is 7.84. The Morgan fingerprint density at radius 2 is 2.00 bits per heavy atom. The number of nitrogens with one attached hydrogen (secondary N) is 1. The molecule has 0 fully saturated rings. The molecule has 0 aliphatic carbocycles. The molecular formula is C14H22N2O. The second-order valence-corrected chi connectivity index (χ2v) is 5.37. The highest BCUT2D eigenvalue weighted by atomic mass is 16.1. The molecule has 0 unspecified atom stereocenters. The van der Waals surface area contributed by atoms with E-state index in [1.165, 1.54) is 5.56 Å². The van der Waals surface area contributed by atoms with Crippen LogP contribution in [0.25, 0.3) is 0 Å². The molecule has 0 radical (unpaired) electrons. The molecule has 0 atom stereocenters. The summed E-state index contributed by atoms with van der Waals surface area (Å²) >= 11 is 0. The molecule has 0 saturated carbocycles. The minimum absolute atomic E-state index is 0.0286. The van der Waals surface area contributed by atoms with Gasteiger partial charge in [-0.2, -0.15) is 0 Å². The lowest BCUT2D eigenvalue weighted by Crippen LogP contribution is -2.17. The van der Waals surface area contributed by atoms with Crippen LogP contribution in [0.15, 0.2) is 18.2 Å². The first kappa shape index (κ1) is 13.7. The van der Waals surface area contributed by atoms with Crippen molar-refractivity contribution < 1.29 is 4.79 Å². The highest BCUT2D eigenvalue weighted by Crippen LogP contribution is 2.26. The summed E-state index contributed by atoms with van der Waals surface area (Å²) in [6, 6.07) is 6.15. The van der Waals surface area contributed by atoms with Crippen LogP contribution >= 0.6 is 0 Å². The van der Waals surface area contributed by atoms with Crippen molar-refractivity contribution in [2.24, 2.45) is 5.73 Å². The Kier molecular flexibility index (Phi) is 4.29. The van der Waals surface area contributed by atoms with E-state index >= 15 is 0 Å². The van der Waals surface area contributed by atoms with Gasteiger partial charge < -0.3 is 11.1 Å². The zero-order chi connectivity index (χ0) is 13.1. The van der Waals surface area contributed by atoms with Gasteiger partial charge in [0.15, 0.2) is 0 Å². The third-order valence-electron chi connectivity index (χ3n) is 2.74. The molecule has 0 saturated heterocycles. The SMILES string of the molecule is Cc1cc(C(C)(C)C)ccc1NC(=O)CCN. The van der Waals surface area contributed by atoms with Crippen LogP contribution in [0, 0.1) is 6.92 Å². The number of aryl methyl sites for hydroxylation is 1. The van der Waals surface area contributed by atoms with Crippen LogP contribution in [0.5, 0.6) is 0 Å². The Morgan fingerprint density at radius 3 is 2.47 bits per heavy atom. The number of carbonyl (C=O) groups excluding carboxylic acids is 1. The van der Waals surface area contributed by atoms with E-state index in [2.05, 4.69) is 38.2 Å². The molecule has 3 nitrogen and oxygen atoms in total. The molecule has 3 N–H and O–H groups in total. The highest BCUT2D eigenvalue weighted by molar-refractivity contribution is 5.91. The number of anilines is 1. The smallest absolute Gasteiger partial charge is 0.225 e. The molecule has 94 valence electrons. The average Bonchev–Trinajstić information content (AvgIpc) is 2.20. The third kappa shape index (κ3) is 3.86. The Balaban J connectivity index is 2.87. The van der Waals surface area contributed by atoms with Crippen LogP contribution < -0.4 is 11.1 Å². The second kappa shape index (κ2) is 5.32. The van der Waals surface area contributed by atoms with E-state index in [0.717, 1.165) is 11.3 Å². The molecule has 1 aromatic rings. The van der Waals surface area contributed by atoms with Crippen LogP contribution in [0.1, 0.15) is 38.3 Å². The normalized spacial score (nSPS) is 11.4. The number of benzene rings is 1. The molecule has 1 amide bonds. The minimum Gasteiger partial charge on any atom is -0.330 e. The molecule has 0 bridgehead atoms. The lowest BCUT2D eigenvalue weighted by Gasteiger charge is -2.20. The molecule has 0 aliphatic rings. The van der Waals surface area contributed by atoms with E-state index in [4.69, 9.17) is 5.73 Å². The maximum atomic E-state index is 11.5. The first-order valence-corrected chi connectivity index (χ1v) is 5.95. The summed E-state index contributed by atoms with van der Waals surface area (Å²) in [7, 11) is 0. The molecule has 1 rings (SSSR count). The van der Waals surface area contributed by atoms with Crippen molar-refractivity contribution >= 4 is 11.6 Å². The van der Waals surface area contributed by atoms with Gasteiger partial charge in [-0.15, -0.1) is 0 Å². The topological polar surface area (TPSA) is 55.1 Å². The highest BCUT2D eigenvalue weighted by Gasteiger charge is 2.14. The molecular weight excluding hydrogens is 212 g/mol. The number of amides is 1. The van der Waals surface area contributed by atoms with Crippen LogP contribution in [0.2, 0.25) is 0 Å². The fourth-order valence-electron chi connectivity index (χ4n) is 1.61. The summed E-state index contributed by atoms with van der Waals surface area (Å²) < 4.78 is 0. The Labute approximate surface area is 103 Å². The van der Waals surface area contributed by atoms with E-state index in [-0.39, 0.29) is 11.3 Å². The molecule has 0 aromatic heterocycles. The predicted molar refractivity (Wildman–Crippen MR) is 72.2 cm³/mol. The van der Waals surface area contributed by atoms with E-state index in [0.29, 0.717) is 13.0 Å². The van der Waals surface area contributed by atoms with Crippen molar-refractivity contribution in [3.63, 3.8) is 0 Å². The van der Waals surface area contributed by atoms with Gasteiger partial charge in [-0.25, -0.2) is 0 Å². The first-order valence-electron chi connectivity index (χ1n) is 5.95. The van der Waals surface area contributed by atoms with E-state index in [9.17, 15) is 4.79 Å². The van der Waals surface area contributed by atoms with Gasteiger partial charge in [-0.3, -0.25) is 4.79 Å². The second-order valence-electron chi connectivity index (χ2n) is 5.37. The Bertz CT molecular complexity index is 405. The van der Waals surface area contributed by atoms with Crippen LogP contribution in [-0.4, -0.2) is 12.5 Å². The quantitative estimate of drug-likeness (QED) is 0.844. The van der Waals surface area contributed by atoms with Crippen molar-refractivity contribution in [3.05, 3.63) is 29.3 Å². The maximum absolute atomic E-state index is 11.5. The van der Waals surface area contributed by atoms with Gasteiger partial charge in [-0.1, -0.05) is 32.9 Å². The molecule has 17 heavy (non-hydrogen) atoms. The number of hydrogen-bond donors (Lipinski definition) is 2. The summed E-state index contributed by atoms with van der Waals surface area (Å²) in [6.07, 6.45) is 0.362. The number of nitrogens with two attached hydrogens (primary N) is 1. The van der Waals surface area contributed by atoms with E-state index < -0.39 is 0 Å². The Hall–Kier alpha value is -1.35. The van der Waals surface area contributed by atoms with Gasteiger partial charge in [0.25, 0.3) is 0 Å². The monoisotopic (exact) mass is 234 g/mol. The number of rotatable bonds is 3. The largest absolute Gasteiger partial charge is 0.330 e. The van der Waals surface area contributed by atoms with Gasteiger partial charge in [0.05, 0.1) is 0 Å². The molecule has 3 heteroatoms. The number of carbonyl (C=O) groups is 1. The fraction of sp³-hybridized carbons (Fsp3) is 0.500. The van der Waals surface area contributed by atoms with Crippen LogP contribution in [0.3, 0.4) is 0 Å². The van der Waals surface area contributed by atoms with Crippen molar-refractivity contribution in [1.29, 1.82) is 0 Å². The Morgan fingerprint density at radius 1 is 1.35 bits per heavy atom. The zero-order valence-corrected chi connectivity index (χ0v) is 11.1. The van der Waals surface area contributed by atoms with Crippen molar-refractivity contribution in [2.45, 2.75) is 39.5 Å². The standard InChI is InChI=1S/C14H22N2O/c1-10-9-11(14(2,3)4)5-6-12(10)16-13(17)7-8-15/h5-6,9H,7-8,15H2,1-4H3,(H,16,17). The van der Waals surface area contributed by atoms with Gasteiger partial charge in [0, 0.05) is 18.7 Å². The summed E-state index contributed by atoms with van der Waals surface area (Å²) in [5.74, 6) is -0.0286. The molecule has 0 aliphatic heterocycles. The lowest BCUT2D eigenvalue weighted by molar-refractivity contribution is -0.116. The lowest BCUT2D eigenvalue weighted by atomic mass is 9.86. The number of hydrogen-bond acceptors (Lipinski definition) is 2. The zero-order valence-electron chi connectivity index (χ0n) is 11.1. The van der Waals surface area contributed by atoms with E-state index in [1.807, 2.05) is 13.0 Å². The fourth-order valence-corrected chi connectivity index (χ4v) is 1.61. The van der Waals surface area contributed by atoms with Crippen molar-refractivity contribution in [1.82, 2.24) is 0 Å². The summed E-state index contributed by atoms with van der Waals surface area (Å²) in [5.41, 5.74) is 8.70. The van der Waals surface area contributed by atoms with Crippen LogP contribution in [0.4, 0.5) is 5.69 Å². The summed E-state index contributed by atoms with van der Waals surface area (Å²) in [4.78, 5) is 11.5. The summed E-state index contributed by atoms with van der Waals surface area (Å²) in [6.45, 7) is 8.91. The third-order valence-corrected chi connectivity index (χ3v) is 2.74. The van der Waals surface area contributed by atoms with Gasteiger partial charge in [-0.05, 0) is 29.5 Å². The van der Waals surface area contributed by atoms with E-state index in [1.54, 1.807) is 0 Å². The van der Waals surface area contributed by atoms with Gasteiger partial charge >= 0.3 is 0 Å². The molecule has 0 spiro atoms.